The largest absolute Gasteiger partial charge is 0.281 e. The number of halogens is 1. The van der Waals surface area contributed by atoms with Gasteiger partial charge in [-0.3, -0.25) is 25.4 Å². The van der Waals surface area contributed by atoms with E-state index in [0.717, 1.165) is 0 Å². The lowest BCUT2D eigenvalue weighted by molar-refractivity contribution is 0.0848. The van der Waals surface area contributed by atoms with E-state index in [2.05, 4.69) is 20.8 Å². The van der Waals surface area contributed by atoms with Crippen molar-refractivity contribution in [3.63, 3.8) is 0 Å². The van der Waals surface area contributed by atoms with Crippen molar-refractivity contribution in [1.82, 2.24) is 20.8 Å². The molecule has 0 saturated heterocycles. The molecule has 0 aliphatic carbocycles. The van der Waals surface area contributed by atoms with E-state index < -0.39 is 11.8 Å². The molecule has 25 heavy (non-hydrogen) atoms. The molecule has 0 saturated carbocycles. The van der Waals surface area contributed by atoms with Crippen LogP contribution < -0.4 is 10.9 Å². The normalized spacial score (nSPS) is 10.3. The summed E-state index contributed by atoms with van der Waals surface area (Å²) < 4.78 is 0. The SMILES string of the molecule is Cc1nc(-c2ccccn2)sc1C(=O)NNC(=O)c1ccccc1Cl. The molecule has 3 aromatic rings. The van der Waals surface area contributed by atoms with Crippen LogP contribution in [0.5, 0.6) is 0 Å². The lowest BCUT2D eigenvalue weighted by Crippen LogP contribution is -2.41. The molecule has 2 N–H and O–H groups in total. The average molecular weight is 373 g/mol. The van der Waals surface area contributed by atoms with Crippen molar-refractivity contribution >= 4 is 34.8 Å². The zero-order valence-corrected chi connectivity index (χ0v) is 14.7. The van der Waals surface area contributed by atoms with Gasteiger partial charge in [-0.05, 0) is 31.2 Å². The summed E-state index contributed by atoms with van der Waals surface area (Å²) in [5.41, 5.74) is 6.27. The number of thiazole rings is 1. The quantitative estimate of drug-likeness (QED) is 0.691. The first-order chi connectivity index (χ1) is 12.1. The standard InChI is InChI=1S/C17H13ClN4O2S/c1-10-14(25-17(20-10)13-8-4-5-9-19-13)16(24)22-21-15(23)11-6-2-3-7-12(11)18/h2-9H,1H3,(H,21,23)(H,22,24). The Kier molecular flexibility index (Phi) is 5.06. The third-order valence-electron chi connectivity index (χ3n) is 3.29. The van der Waals surface area contributed by atoms with Gasteiger partial charge in [-0.15, -0.1) is 11.3 Å². The number of nitrogens with one attached hydrogen (secondary N) is 2. The summed E-state index contributed by atoms with van der Waals surface area (Å²) in [5, 5.41) is 0.946. The lowest BCUT2D eigenvalue weighted by atomic mass is 10.2. The highest BCUT2D eigenvalue weighted by molar-refractivity contribution is 7.17. The Morgan fingerprint density at radius 1 is 1.04 bits per heavy atom. The van der Waals surface area contributed by atoms with Gasteiger partial charge in [0.25, 0.3) is 11.8 Å². The second-order valence-corrected chi connectivity index (χ2v) is 6.44. The fraction of sp³-hybridized carbons (Fsp3) is 0.0588. The minimum atomic E-state index is -0.494. The fourth-order valence-electron chi connectivity index (χ4n) is 2.09. The Morgan fingerprint density at radius 2 is 1.76 bits per heavy atom. The molecule has 2 amide bonds. The molecule has 6 nitrogen and oxygen atoms in total. The minimum absolute atomic E-state index is 0.277. The van der Waals surface area contributed by atoms with Crippen molar-refractivity contribution in [2.75, 3.05) is 0 Å². The summed E-state index contributed by atoms with van der Waals surface area (Å²) in [6.07, 6.45) is 1.66. The van der Waals surface area contributed by atoms with E-state index in [-0.39, 0.29) is 5.56 Å². The van der Waals surface area contributed by atoms with Gasteiger partial charge in [0, 0.05) is 6.20 Å². The molecule has 2 heterocycles. The van der Waals surface area contributed by atoms with Crippen LogP contribution in [0.15, 0.2) is 48.7 Å². The zero-order valence-electron chi connectivity index (χ0n) is 13.1. The first-order valence-electron chi connectivity index (χ1n) is 7.30. The van der Waals surface area contributed by atoms with Crippen LogP contribution in [0.3, 0.4) is 0 Å². The van der Waals surface area contributed by atoms with Crippen molar-refractivity contribution in [2.45, 2.75) is 6.92 Å². The van der Waals surface area contributed by atoms with E-state index in [1.54, 1.807) is 37.4 Å². The predicted molar refractivity (Wildman–Crippen MR) is 96.5 cm³/mol. The molecule has 0 atom stereocenters. The molecule has 1 aromatic carbocycles. The number of hydrazine groups is 1. The summed E-state index contributed by atoms with van der Waals surface area (Å²) in [7, 11) is 0. The molecular formula is C17H13ClN4O2S. The highest BCUT2D eigenvalue weighted by Gasteiger charge is 2.18. The van der Waals surface area contributed by atoms with Gasteiger partial charge in [-0.1, -0.05) is 29.8 Å². The van der Waals surface area contributed by atoms with Crippen LogP contribution in [0.2, 0.25) is 5.02 Å². The Morgan fingerprint density at radius 3 is 2.48 bits per heavy atom. The van der Waals surface area contributed by atoms with Crippen LogP contribution in [0.4, 0.5) is 0 Å². The molecule has 3 rings (SSSR count). The zero-order chi connectivity index (χ0) is 17.8. The van der Waals surface area contributed by atoms with E-state index >= 15 is 0 Å². The predicted octanol–water partition coefficient (Wildman–Crippen LogP) is 3.24. The van der Waals surface area contributed by atoms with Gasteiger partial charge >= 0.3 is 0 Å². The molecule has 0 spiro atoms. The van der Waals surface area contributed by atoms with Crippen molar-refractivity contribution in [2.24, 2.45) is 0 Å². The number of aryl methyl sites for hydroxylation is 1. The Hall–Kier alpha value is -2.77. The molecular weight excluding hydrogens is 360 g/mol. The van der Waals surface area contributed by atoms with Crippen LogP contribution >= 0.6 is 22.9 Å². The molecule has 2 aromatic heterocycles. The number of nitrogens with zero attached hydrogens (tertiary/aromatic N) is 2. The van der Waals surface area contributed by atoms with E-state index in [0.29, 0.717) is 26.3 Å². The second kappa shape index (κ2) is 7.42. The van der Waals surface area contributed by atoms with Gasteiger partial charge in [0.2, 0.25) is 0 Å². The number of amides is 2. The monoisotopic (exact) mass is 372 g/mol. The molecule has 126 valence electrons. The smallest absolute Gasteiger partial charge is 0.267 e. The fourth-order valence-corrected chi connectivity index (χ4v) is 3.25. The Bertz CT molecular complexity index is 927. The number of carbonyl (C=O) groups excluding carboxylic acids is 2. The maximum Gasteiger partial charge on any atom is 0.281 e. The molecule has 0 unspecified atom stereocenters. The van der Waals surface area contributed by atoms with Gasteiger partial charge in [0.05, 0.1) is 22.0 Å². The van der Waals surface area contributed by atoms with Crippen molar-refractivity contribution in [3.05, 3.63) is 69.8 Å². The lowest BCUT2D eigenvalue weighted by Gasteiger charge is -2.07. The molecule has 0 aliphatic rings. The molecule has 0 aliphatic heterocycles. The van der Waals surface area contributed by atoms with E-state index in [9.17, 15) is 9.59 Å². The van der Waals surface area contributed by atoms with Crippen LogP contribution in [-0.4, -0.2) is 21.8 Å². The third kappa shape index (κ3) is 3.84. The van der Waals surface area contributed by atoms with E-state index in [4.69, 9.17) is 11.6 Å². The number of aromatic nitrogens is 2. The first-order valence-corrected chi connectivity index (χ1v) is 8.49. The maximum atomic E-state index is 12.3. The molecule has 0 fully saturated rings. The average Bonchev–Trinajstić information content (AvgIpc) is 3.02. The number of rotatable bonds is 3. The van der Waals surface area contributed by atoms with Gasteiger partial charge in [-0.2, -0.15) is 0 Å². The number of pyridine rings is 1. The van der Waals surface area contributed by atoms with Crippen molar-refractivity contribution < 1.29 is 9.59 Å². The highest BCUT2D eigenvalue weighted by Crippen LogP contribution is 2.26. The molecule has 8 heteroatoms. The van der Waals surface area contributed by atoms with Gasteiger partial charge in [0.1, 0.15) is 9.88 Å². The first kappa shape index (κ1) is 17.1. The Labute approximate surface area is 152 Å². The number of carbonyl (C=O) groups is 2. The van der Waals surface area contributed by atoms with Crippen LogP contribution in [0.1, 0.15) is 25.7 Å². The number of hydrogen-bond acceptors (Lipinski definition) is 5. The van der Waals surface area contributed by atoms with Gasteiger partial charge in [0.15, 0.2) is 0 Å². The second-order valence-electron chi connectivity index (χ2n) is 5.04. The molecule has 0 radical (unpaired) electrons. The summed E-state index contributed by atoms with van der Waals surface area (Å²) in [6.45, 7) is 1.73. The van der Waals surface area contributed by atoms with Crippen molar-refractivity contribution in [1.29, 1.82) is 0 Å². The summed E-state index contributed by atoms with van der Waals surface area (Å²) in [4.78, 5) is 33.4. The highest BCUT2D eigenvalue weighted by atomic mass is 35.5. The van der Waals surface area contributed by atoms with E-state index in [1.165, 1.54) is 11.3 Å². The number of hydrogen-bond donors (Lipinski definition) is 2. The molecule has 0 bridgehead atoms. The van der Waals surface area contributed by atoms with Gasteiger partial charge in [-0.25, -0.2) is 4.98 Å². The van der Waals surface area contributed by atoms with Crippen LogP contribution in [0.25, 0.3) is 10.7 Å². The summed E-state index contributed by atoms with van der Waals surface area (Å²) >= 11 is 7.17. The summed E-state index contributed by atoms with van der Waals surface area (Å²) in [5.74, 6) is -0.941. The van der Waals surface area contributed by atoms with E-state index in [1.807, 2.05) is 18.2 Å². The Balaban J connectivity index is 1.71. The van der Waals surface area contributed by atoms with Crippen molar-refractivity contribution in [3.8, 4) is 10.7 Å². The summed E-state index contributed by atoms with van der Waals surface area (Å²) in [6, 6.07) is 12.1. The maximum absolute atomic E-state index is 12.3. The minimum Gasteiger partial charge on any atom is -0.267 e. The van der Waals surface area contributed by atoms with Gasteiger partial charge < -0.3 is 0 Å². The van der Waals surface area contributed by atoms with Crippen LogP contribution in [-0.2, 0) is 0 Å². The third-order valence-corrected chi connectivity index (χ3v) is 4.80. The number of benzene rings is 1. The topological polar surface area (TPSA) is 84.0 Å². The van der Waals surface area contributed by atoms with Crippen LogP contribution in [0, 0.1) is 6.92 Å².